The Kier molecular flexibility index (Phi) is 5.64. The number of aromatic nitrogens is 1. The first-order valence-electron chi connectivity index (χ1n) is 8.78. The van der Waals surface area contributed by atoms with Gasteiger partial charge in [-0.3, -0.25) is 4.79 Å². The smallest absolute Gasteiger partial charge is 0.257 e. The van der Waals surface area contributed by atoms with Gasteiger partial charge in [0.15, 0.2) is 0 Å². The van der Waals surface area contributed by atoms with Crippen LogP contribution in [-0.4, -0.2) is 32.7 Å². The van der Waals surface area contributed by atoms with Gasteiger partial charge in [-0.2, -0.15) is 4.40 Å². The minimum atomic E-state index is -2.60. The standard InChI is InChI=1S/C19H21ClF2N2O3S/c1-18(2,3)28(26)23-9-13-4-12-5-14(20)16(6-15(12)24-17(13)25)27-10-11-7-19(21,22)8-11/h4-6,9,11H,7-8,10H2,1-3H3,(H,24,25)/b23-9+. The van der Waals surface area contributed by atoms with E-state index in [4.69, 9.17) is 16.3 Å². The molecule has 1 aliphatic carbocycles. The molecule has 0 amide bonds. The fourth-order valence-corrected chi connectivity index (χ4v) is 3.56. The zero-order valence-corrected chi connectivity index (χ0v) is 17.3. The lowest BCUT2D eigenvalue weighted by molar-refractivity contribution is -0.119. The molecule has 1 fully saturated rings. The second kappa shape index (κ2) is 7.55. The Bertz CT molecular complexity index is 1010. The number of ether oxygens (including phenoxy) is 1. The molecule has 1 aromatic carbocycles. The van der Waals surface area contributed by atoms with Gasteiger partial charge in [0.1, 0.15) is 16.7 Å². The lowest BCUT2D eigenvalue weighted by Gasteiger charge is -2.34. The van der Waals surface area contributed by atoms with Crippen molar-refractivity contribution in [2.24, 2.45) is 10.3 Å². The Balaban J connectivity index is 1.81. The molecular weight excluding hydrogens is 410 g/mol. The summed E-state index contributed by atoms with van der Waals surface area (Å²) >= 11 is 6.24. The number of benzene rings is 1. The molecule has 152 valence electrons. The maximum Gasteiger partial charge on any atom is 0.257 e. The summed E-state index contributed by atoms with van der Waals surface area (Å²) in [6, 6.07) is 4.79. The van der Waals surface area contributed by atoms with Gasteiger partial charge in [0.25, 0.3) is 5.56 Å². The number of aromatic amines is 1. The molecule has 1 atom stereocenters. The summed E-state index contributed by atoms with van der Waals surface area (Å²) in [5.41, 5.74) is 0.359. The Morgan fingerprint density at radius 3 is 2.64 bits per heavy atom. The van der Waals surface area contributed by atoms with Crippen LogP contribution in [0.25, 0.3) is 10.9 Å². The van der Waals surface area contributed by atoms with Gasteiger partial charge in [-0.05, 0) is 32.9 Å². The third kappa shape index (κ3) is 4.78. The number of halogens is 3. The Morgan fingerprint density at radius 2 is 2.04 bits per heavy atom. The fourth-order valence-electron chi connectivity index (χ4n) is 2.80. The molecule has 3 rings (SSSR count). The molecular formula is C19H21ClF2N2O3S. The van der Waals surface area contributed by atoms with Crippen molar-refractivity contribution >= 4 is 39.7 Å². The summed E-state index contributed by atoms with van der Waals surface area (Å²) in [5, 5.41) is 0.960. The summed E-state index contributed by atoms with van der Waals surface area (Å²) in [6.45, 7) is 5.51. The van der Waals surface area contributed by atoms with Gasteiger partial charge in [0.2, 0.25) is 5.92 Å². The summed E-state index contributed by atoms with van der Waals surface area (Å²) in [4.78, 5) is 15.0. The van der Waals surface area contributed by atoms with Crippen molar-refractivity contribution in [2.75, 3.05) is 6.61 Å². The maximum atomic E-state index is 12.9. The van der Waals surface area contributed by atoms with Crippen LogP contribution >= 0.6 is 11.6 Å². The number of H-pyrrole nitrogens is 1. The first kappa shape index (κ1) is 20.9. The number of fused-ring (bicyclic) bond motifs is 1. The van der Waals surface area contributed by atoms with E-state index in [0.29, 0.717) is 21.7 Å². The Labute approximate surface area is 168 Å². The summed E-state index contributed by atoms with van der Waals surface area (Å²) in [5.74, 6) is -2.47. The highest BCUT2D eigenvalue weighted by molar-refractivity contribution is 7.85. The van der Waals surface area contributed by atoms with Gasteiger partial charge >= 0.3 is 0 Å². The molecule has 5 nitrogen and oxygen atoms in total. The van der Waals surface area contributed by atoms with Crippen LogP contribution < -0.4 is 10.3 Å². The molecule has 1 aliphatic rings. The lowest BCUT2D eigenvalue weighted by Crippen LogP contribution is -2.38. The van der Waals surface area contributed by atoms with Gasteiger partial charge in [-0.25, -0.2) is 13.0 Å². The third-order valence-corrected chi connectivity index (χ3v) is 6.03. The number of pyridine rings is 1. The highest BCUT2D eigenvalue weighted by atomic mass is 35.5. The minimum absolute atomic E-state index is 0.147. The zero-order valence-electron chi connectivity index (χ0n) is 15.7. The van der Waals surface area contributed by atoms with Crippen molar-refractivity contribution in [2.45, 2.75) is 44.3 Å². The number of nitrogens with zero attached hydrogens (tertiary/aromatic N) is 1. The van der Waals surface area contributed by atoms with Crippen LogP contribution in [0.5, 0.6) is 5.75 Å². The topological polar surface area (TPSA) is 71.5 Å². The van der Waals surface area contributed by atoms with Crippen molar-refractivity contribution in [3.05, 3.63) is 39.1 Å². The van der Waals surface area contributed by atoms with Crippen LogP contribution in [0.15, 0.2) is 27.4 Å². The van der Waals surface area contributed by atoms with E-state index in [9.17, 15) is 17.8 Å². The van der Waals surface area contributed by atoms with Crippen molar-refractivity contribution < 1.29 is 17.7 Å². The molecule has 0 saturated heterocycles. The maximum absolute atomic E-state index is 12.9. The Morgan fingerprint density at radius 1 is 1.36 bits per heavy atom. The van der Waals surface area contributed by atoms with E-state index in [-0.39, 0.29) is 30.9 Å². The van der Waals surface area contributed by atoms with Crippen LogP contribution in [0.4, 0.5) is 8.78 Å². The van der Waals surface area contributed by atoms with Crippen LogP contribution in [0.1, 0.15) is 39.2 Å². The Hall–Kier alpha value is -1.80. The van der Waals surface area contributed by atoms with Crippen molar-refractivity contribution in [3.8, 4) is 5.75 Å². The van der Waals surface area contributed by atoms with E-state index in [1.54, 1.807) is 39.0 Å². The number of hydrogen-bond acceptors (Lipinski definition) is 3. The van der Waals surface area contributed by atoms with Crippen LogP contribution in [0.3, 0.4) is 0 Å². The van der Waals surface area contributed by atoms with Gasteiger partial charge in [0.05, 0.1) is 33.7 Å². The molecule has 1 saturated carbocycles. The average molecular weight is 431 g/mol. The normalized spacial score (nSPS) is 18.4. The molecule has 2 aromatic rings. The summed E-state index contributed by atoms with van der Waals surface area (Å²) < 4.78 is 46.9. The van der Waals surface area contributed by atoms with E-state index in [2.05, 4.69) is 9.38 Å². The zero-order chi connectivity index (χ0) is 20.7. The number of hydrogen-bond donors (Lipinski definition) is 1. The average Bonchev–Trinajstić information content (AvgIpc) is 2.55. The van der Waals surface area contributed by atoms with Gasteiger partial charge in [-0.15, -0.1) is 0 Å². The minimum Gasteiger partial charge on any atom is -0.492 e. The first-order valence-corrected chi connectivity index (χ1v) is 10.3. The molecule has 0 aliphatic heterocycles. The molecule has 1 aromatic heterocycles. The SMILES string of the molecule is CC(C)(C)S(=O)/N=C/c1cc2cc(Cl)c(OCC3CC(F)(F)C3)cc2[nH]c1=O. The van der Waals surface area contributed by atoms with Crippen LogP contribution in [0.2, 0.25) is 5.02 Å². The lowest BCUT2D eigenvalue weighted by atomic mass is 9.82. The molecule has 1 N–H and O–H groups in total. The molecule has 9 heteroatoms. The largest absolute Gasteiger partial charge is 0.492 e. The molecule has 0 spiro atoms. The quantitative estimate of drug-likeness (QED) is 0.710. The third-order valence-electron chi connectivity index (χ3n) is 4.39. The molecule has 1 heterocycles. The summed E-state index contributed by atoms with van der Waals surface area (Å²) in [6.07, 6.45) is 0.913. The number of alkyl halides is 2. The second-order valence-electron chi connectivity index (χ2n) is 7.96. The van der Waals surface area contributed by atoms with Crippen LogP contribution in [0, 0.1) is 5.92 Å². The van der Waals surface area contributed by atoms with Gasteiger partial charge in [0, 0.05) is 30.2 Å². The van der Waals surface area contributed by atoms with E-state index in [1.807, 2.05) is 0 Å². The fraction of sp³-hybridized carbons (Fsp3) is 0.474. The highest BCUT2D eigenvalue weighted by Crippen LogP contribution is 2.42. The molecule has 1 unspecified atom stereocenters. The van der Waals surface area contributed by atoms with Crippen molar-refractivity contribution in [3.63, 3.8) is 0 Å². The number of nitrogens with one attached hydrogen (secondary N) is 1. The van der Waals surface area contributed by atoms with Crippen molar-refractivity contribution in [1.29, 1.82) is 0 Å². The second-order valence-corrected chi connectivity index (χ2v) is 10.3. The molecule has 0 bridgehead atoms. The van der Waals surface area contributed by atoms with Gasteiger partial charge < -0.3 is 9.72 Å². The predicted octanol–water partition coefficient (Wildman–Crippen LogP) is 4.49. The molecule has 28 heavy (non-hydrogen) atoms. The summed E-state index contributed by atoms with van der Waals surface area (Å²) in [7, 11) is -1.48. The first-order chi connectivity index (χ1) is 12.9. The van der Waals surface area contributed by atoms with E-state index < -0.39 is 27.2 Å². The van der Waals surface area contributed by atoms with E-state index in [0.717, 1.165) is 0 Å². The van der Waals surface area contributed by atoms with Crippen LogP contribution in [-0.2, 0) is 11.0 Å². The number of rotatable bonds is 5. The highest BCUT2D eigenvalue weighted by Gasteiger charge is 2.45. The predicted molar refractivity (Wildman–Crippen MR) is 108 cm³/mol. The van der Waals surface area contributed by atoms with E-state index >= 15 is 0 Å². The molecule has 0 radical (unpaired) electrons. The van der Waals surface area contributed by atoms with Gasteiger partial charge in [-0.1, -0.05) is 11.6 Å². The monoisotopic (exact) mass is 430 g/mol. The van der Waals surface area contributed by atoms with E-state index in [1.165, 1.54) is 6.21 Å². The van der Waals surface area contributed by atoms with Crippen molar-refractivity contribution in [1.82, 2.24) is 4.98 Å².